The van der Waals surface area contributed by atoms with Gasteiger partial charge in [0.25, 0.3) is 10.0 Å². The van der Waals surface area contributed by atoms with Gasteiger partial charge in [0.15, 0.2) is 0 Å². The molecule has 0 aliphatic carbocycles. The molecular weight excluding hydrogens is 416 g/mol. The number of carbonyl (C=O) groups excluding carboxylic acids is 1. The summed E-state index contributed by atoms with van der Waals surface area (Å²) in [4.78, 5) is 12.6. The highest BCUT2D eigenvalue weighted by Crippen LogP contribution is 2.27. The molecule has 1 amide bonds. The summed E-state index contributed by atoms with van der Waals surface area (Å²) < 4.78 is 38.2. The summed E-state index contributed by atoms with van der Waals surface area (Å²) in [5.41, 5.74) is 0.306. The Hall–Kier alpha value is -2.29. The molecule has 156 valence electrons. The maximum atomic E-state index is 13.3. The zero-order chi connectivity index (χ0) is 20.9. The molecule has 0 saturated carbocycles. The van der Waals surface area contributed by atoms with E-state index in [2.05, 4.69) is 5.32 Å². The molecular formula is C20H23ClN2O5S. The lowest BCUT2D eigenvalue weighted by molar-refractivity contribution is -0.120. The Labute approximate surface area is 175 Å². The van der Waals surface area contributed by atoms with Gasteiger partial charge >= 0.3 is 0 Å². The van der Waals surface area contributed by atoms with Crippen molar-refractivity contribution in [1.29, 1.82) is 0 Å². The molecule has 1 saturated heterocycles. The lowest BCUT2D eigenvalue weighted by Crippen LogP contribution is -2.42. The van der Waals surface area contributed by atoms with Gasteiger partial charge in [-0.25, -0.2) is 8.42 Å². The smallest absolute Gasteiger partial charge is 0.264 e. The second-order valence-electron chi connectivity index (χ2n) is 6.61. The molecule has 1 atom stereocenters. The fourth-order valence-electron chi connectivity index (χ4n) is 3.04. The van der Waals surface area contributed by atoms with Crippen LogP contribution in [0.25, 0.3) is 0 Å². The summed E-state index contributed by atoms with van der Waals surface area (Å²) in [6, 6.07) is 12.4. The zero-order valence-electron chi connectivity index (χ0n) is 16.0. The molecule has 0 spiro atoms. The largest absolute Gasteiger partial charge is 0.497 e. The first-order valence-corrected chi connectivity index (χ1v) is 11.0. The monoisotopic (exact) mass is 438 g/mol. The van der Waals surface area contributed by atoms with E-state index in [1.165, 1.54) is 25.3 Å². The van der Waals surface area contributed by atoms with Crippen molar-refractivity contribution in [2.75, 3.05) is 31.1 Å². The minimum Gasteiger partial charge on any atom is -0.497 e. The Bertz CT molecular complexity index is 944. The highest BCUT2D eigenvalue weighted by Gasteiger charge is 2.28. The van der Waals surface area contributed by atoms with Crippen LogP contribution in [-0.2, 0) is 19.6 Å². The third-order valence-electron chi connectivity index (χ3n) is 4.58. The highest BCUT2D eigenvalue weighted by molar-refractivity contribution is 7.92. The van der Waals surface area contributed by atoms with Gasteiger partial charge in [0.1, 0.15) is 12.3 Å². The van der Waals surface area contributed by atoms with Gasteiger partial charge in [0.05, 0.1) is 23.8 Å². The summed E-state index contributed by atoms with van der Waals surface area (Å²) in [5.74, 6) is 0.116. The Morgan fingerprint density at radius 1 is 1.28 bits per heavy atom. The summed E-state index contributed by atoms with van der Waals surface area (Å²) in [5, 5.41) is 3.13. The summed E-state index contributed by atoms with van der Waals surface area (Å²) in [6.07, 6.45) is 1.81. The van der Waals surface area contributed by atoms with E-state index in [4.69, 9.17) is 21.1 Å². The first-order valence-electron chi connectivity index (χ1n) is 9.21. The van der Waals surface area contributed by atoms with Crippen LogP contribution >= 0.6 is 11.6 Å². The van der Waals surface area contributed by atoms with E-state index in [0.29, 0.717) is 29.6 Å². The molecule has 1 aliphatic heterocycles. The van der Waals surface area contributed by atoms with Crippen LogP contribution in [0.4, 0.5) is 5.69 Å². The fourth-order valence-corrected chi connectivity index (χ4v) is 4.64. The molecule has 29 heavy (non-hydrogen) atoms. The number of rotatable bonds is 8. The minimum absolute atomic E-state index is 0.0308. The Morgan fingerprint density at radius 2 is 2.03 bits per heavy atom. The van der Waals surface area contributed by atoms with Crippen LogP contribution in [0.2, 0.25) is 5.02 Å². The van der Waals surface area contributed by atoms with Crippen molar-refractivity contribution in [2.24, 2.45) is 0 Å². The van der Waals surface area contributed by atoms with Crippen molar-refractivity contribution < 1.29 is 22.7 Å². The Kier molecular flexibility index (Phi) is 7.00. The van der Waals surface area contributed by atoms with E-state index in [-0.39, 0.29) is 17.5 Å². The van der Waals surface area contributed by atoms with Gasteiger partial charge in [0, 0.05) is 18.2 Å². The number of carbonyl (C=O) groups is 1. The summed E-state index contributed by atoms with van der Waals surface area (Å²) in [7, 11) is -2.50. The number of ether oxygens (including phenoxy) is 2. The number of amides is 1. The van der Waals surface area contributed by atoms with Crippen LogP contribution in [-0.4, -0.2) is 47.2 Å². The van der Waals surface area contributed by atoms with E-state index in [1.54, 1.807) is 30.3 Å². The summed E-state index contributed by atoms with van der Waals surface area (Å²) >= 11 is 6.05. The van der Waals surface area contributed by atoms with Crippen molar-refractivity contribution in [1.82, 2.24) is 5.32 Å². The zero-order valence-corrected chi connectivity index (χ0v) is 17.6. The number of methoxy groups -OCH3 is 1. The number of anilines is 1. The maximum Gasteiger partial charge on any atom is 0.264 e. The lowest BCUT2D eigenvalue weighted by atomic mass is 10.2. The van der Waals surface area contributed by atoms with Crippen LogP contribution in [0, 0.1) is 0 Å². The van der Waals surface area contributed by atoms with Gasteiger partial charge in [-0.3, -0.25) is 9.10 Å². The van der Waals surface area contributed by atoms with Crippen molar-refractivity contribution >= 4 is 33.2 Å². The highest BCUT2D eigenvalue weighted by atomic mass is 35.5. The van der Waals surface area contributed by atoms with Gasteiger partial charge < -0.3 is 14.8 Å². The van der Waals surface area contributed by atoms with E-state index >= 15 is 0 Å². The number of halogens is 1. The molecule has 1 aliphatic rings. The van der Waals surface area contributed by atoms with Crippen molar-refractivity contribution in [2.45, 2.75) is 23.8 Å². The van der Waals surface area contributed by atoms with Gasteiger partial charge in [-0.05, 0) is 55.3 Å². The molecule has 0 aromatic heterocycles. The number of hydrogen-bond acceptors (Lipinski definition) is 5. The molecule has 2 aromatic rings. The quantitative estimate of drug-likeness (QED) is 0.685. The van der Waals surface area contributed by atoms with Crippen LogP contribution < -0.4 is 14.4 Å². The molecule has 1 fully saturated rings. The topological polar surface area (TPSA) is 84.9 Å². The van der Waals surface area contributed by atoms with E-state index < -0.39 is 15.9 Å². The molecule has 7 nitrogen and oxygen atoms in total. The molecule has 2 aromatic carbocycles. The van der Waals surface area contributed by atoms with Crippen molar-refractivity contribution in [3.8, 4) is 5.75 Å². The second-order valence-corrected chi connectivity index (χ2v) is 8.90. The van der Waals surface area contributed by atoms with Crippen LogP contribution in [0.1, 0.15) is 12.8 Å². The number of nitrogens with one attached hydrogen (secondary N) is 1. The first-order chi connectivity index (χ1) is 13.9. The molecule has 0 unspecified atom stereocenters. The van der Waals surface area contributed by atoms with Gasteiger partial charge in [-0.1, -0.05) is 17.7 Å². The standard InChI is InChI=1S/C20H23ClN2O5S/c1-27-17-7-9-19(10-8-17)29(25,26)23(16-5-2-4-15(21)12-16)14-20(24)22-13-18-6-3-11-28-18/h2,4-5,7-10,12,18H,3,6,11,13-14H2,1H3,(H,22,24)/t18-/m1/s1. The van der Waals surface area contributed by atoms with E-state index in [9.17, 15) is 13.2 Å². The Morgan fingerprint density at radius 3 is 2.66 bits per heavy atom. The molecule has 0 bridgehead atoms. The third-order valence-corrected chi connectivity index (χ3v) is 6.60. The van der Waals surface area contributed by atoms with Crippen molar-refractivity contribution in [3.63, 3.8) is 0 Å². The van der Waals surface area contributed by atoms with Gasteiger partial charge in [-0.15, -0.1) is 0 Å². The van der Waals surface area contributed by atoms with E-state index in [1.807, 2.05) is 0 Å². The van der Waals surface area contributed by atoms with Crippen LogP contribution in [0.15, 0.2) is 53.4 Å². The Balaban J connectivity index is 1.84. The second kappa shape index (κ2) is 9.47. The molecule has 1 N–H and O–H groups in total. The molecule has 9 heteroatoms. The maximum absolute atomic E-state index is 13.3. The third kappa shape index (κ3) is 5.41. The van der Waals surface area contributed by atoms with Gasteiger partial charge in [0.2, 0.25) is 5.91 Å². The number of nitrogens with zero attached hydrogens (tertiary/aromatic N) is 1. The lowest BCUT2D eigenvalue weighted by Gasteiger charge is -2.24. The fraction of sp³-hybridized carbons (Fsp3) is 0.350. The number of hydrogen-bond donors (Lipinski definition) is 1. The van der Waals surface area contributed by atoms with E-state index in [0.717, 1.165) is 17.1 Å². The van der Waals surface area contributed by atoms with Crippen LogP contribution in [0.3, 0.4) is 0 Å². The van der Waals surface area contributed by atoms with Crippen molar-refractivity contribution in [3.05, 3.63) is 53.6 Å². The number of benzene rings is 2. The normalized spacial score (nSPS) is 16.4. The number of sulfonamides is 1. The molecule has 1 heterocycles. The van der Waals surface area contributed by atoms with Crippen LogP contribution in [0.5, 0.6) is 5.75 Å². The molecule has 0 radical (unpaired) electrons. The predicted octanol–water partition coefficient (Wildman–Crippen LogP) is 2.84. The average Bonchev–Trinajstić information content (AvgIpc) is 3.24. The SMILES string of the molecule is COc1ccc(S(=O)(=O)N(CC(=O)NC[C@H]2CCCO2)c2cccc(Cl)c2)cc1. The summed E-state index contributed by atoms with van der Waals surface area (Å²) in [6.45, 7) is 0.660. The average molecular weight is 439 g/mol. The first kappa shape index (κ1) is 21.4. The molecule has 3 rings (SSSR count). The minimum atomic E-state index is -4.00. The predicted molar refractivity (Wildman–Crippen MR) is 111 cm³/mol. The van der Waals surface area contributed by atoms with Gasteiger partial charge in [-0.2, -0.15) is 0 Å².